The lowest BCUT2D eigenvalue weighted by Gasteiger charge is -2.24. The van der Waals surface area contributed by atoms with E-state index in [9.17, 15) is 0 Å². The number of rotatable bonds is 3. The summed E-state index contributed by atoms with van der Waals surface area (Å²) >= 11 is 0. The molecule has 0 amide bonds. The van der Waals surface area contributed by atoms with Crippen molar-refractivity contribution in [2.45, 2.75) is 51.4 Å². The van der Waals surface area contributed by atoms with Crippen molar-refractivity contribution in [3.8, 4) is 0 Å². The van der Waals surface area contributed by atoms with Crippen LogP contribution < -0.4 is 20.9 Å². The van der Waals surface area contributed by atoms with Crippen LogP contribution in [-0.4, -0.2) is 0 Å². The van der Waals surface area contributed by atoms with Gasteiger partial charge in [0, 0.05) is 0 Å². The number of hydrogen-bond acceptors (Lipinski definition) is 0. The zero-order chi connectivity index (χ0) is 27.6. The Bertz CT molecular complexity index is 2230. The molecular formula is C42H34. The van der Waals surface area contributed by atoms with Gasteiger partial charge < -0.3 is 0 Å². The Morgan fingerprint density at radius 2 is 1.19 bits per heavy atom. The fraction of sp³-hybridized carbons (Fsp3) is 0.190. The molecule has 0 aromatic heterocycles. The van der Waals surface area contributed by atoms with Crippen molar-refractivity contribution in [1.82, 2.24) is 0 Å². The molecule has 5 aliphatic rings. The second kappa shape index (κ2) is 9.57. The fourth-order valence-corrected chi connectivity index (χ4v) is 8.30. The first kappa shape index (κ1) is 24.2. The Morgan fingerprint density at radius 3 is 2.00 bits per heavy atom. The average Bonchev–Trinajstić information content (AvgIpc) is 3.48. The van der Waals surface area contributed by atoms with Crippen molar-refractivity contribution in [2.75, 3.05) is 0 Å². The molecule has 4 aromatic rings. The first-order valence-corrected chi connectivity index (χ1v) is 15.8. The van der Waals surface area contributed by atoms with Crippen LogP contribution in [0.15, 0.2) is 90.5 Å². The Kier molecular flexibility index (Phi) is 5.51. The zero-order valence-electron chi connectivity index (χ0n) is 24.0. The quantitative estimate of drug-likeness (QED) is 0.252. The Balaban J connectivity index is 1.23. The topological polar surface area (TPSA) is 0 Å². The number of aryl methyl sites for hydroxylation is 1. The van der Waals surface area contributed by atoms with E-state index in [1.807, 2.05) is 0 Å². The van der Waals surface area contributed by atoms with Gasteiger partial charge in [-0.05, 0) is 139 Å². The van der Waals surface area contributed by atoms with E-state index in [1.54, 1.807) is 5.57 Å². The molecule has 0 N–H and O–H groups in total. The largest absolute Gasteiger partial charge is 0.0757 e. The van der Waals surface area contributed by atoms with Gasteiger partial charge in [-0.25, -0.2) is 0 Å². The summed E-state index contributed by atoms with van der Waals surface area (Å²) in [6.45, 7) is 0. The SMILES string of the molecule is C1=Cc2cccc3c2=C1CCC=3C1=CC=C(c2c3c(c(C4=Cc5ccccc5CC4)c4ccccc24)=CCCC=3)CC1. The van der Waals surface area contributed by atoms with Crippen LogP contribution in [-0.2, 0) is 6.42 Å². The summed E-state index contributed by atoms with van der Waals surface area (Å²) in [5.41, 5.74) is 14.8. The van der Waals surface area contributed by atoms with Crippen LogP contribution in [0.4, 0.5) is 0 Å². The minimum Gasteiger partial charge on any atom is -0.0757 e. The molecule has 0 saturated heterocycles. The van der Waals surface area contributed by atoms with Gasteiger partial charge in [0.15, 0.2) is 0 Å². The highest BCUT2D eigenvalue weighted by atomic mass is 14.3. The fourth-order valence-electron chi connectivity index (χ4n) is 8.30. The first-order chi connectivity index (χ1) is 20.8. The summed E-state index contributed by atoms with van der Waals surface area (Å²) in [5, 5.41) is 8.73. The van der Waals surface area contributed by atoms with E-state index < -0.39 is 0 Å². The monoisotopic (exact) mass is 538 g/mol. The second-order valence-corrected chi connectivity index (χ2v) is 12.5. The van der Waals surface area contributed by atoms with Crippen molar-refractivity contribution >= 4 is 57.4 Å². The summed E-state index contributed by atoms with van der Waals surface area (Å²) in [6, 6.07) is 25.0. The van der Waals surface area contributed by atoms with Gasteiger partial charge in [0.05, 0.1) is 0 Å². The molecule has 0 spiro atoms. The molecule has 0 fully saturated rings. The average molecular weight is 539 g/mol. The van der Waals surface area contributed by atoms with Gasteiger partial charge in [0.1, 0.15) is 0 Å². The molecular weight excluding hydrogens is 504 g/mol. The van der Waals surface area contributed by atoms with E-state index in [0.717, 1.165) is 51.4 Å². The maximum Gasteiger partial charge on any atom is -0.00698 e. The third-order valence-electron chi connectivity index (χ3n) is 10.2. The molecule has 0 aliphatic heterocycles. The Hall–Kier alpha value is -4.42. The molecule has 202 valence electrons. The van der Waals surface area contributed by atoms with E-state index in [-0.39, 0.29) is 0 Å². The maximum absolute atomic E-state index is 2.53. The van der Waals surface area contributed by atoms with Crippen molar-refractivity contribution in [2.24, 2.45) is 0 Å². The van der Waals surface area contributed by atoms with Crippen LogP contribution in [0.25, 0.3) is 57.4 Å². The molecule has 4 aromatic carbocycles. The lowest BCUT2D eigenvalue weighted by molar-refractivity contribution is 0.963. The molecule has 0 bridgehead atoms. The highest BCUT2D eigenvalue weighted by Crippen LogP contribution is 2.38. The number of fused-ring (bicyclic) bond motifs is 3. The molecule has 0 saturated carbocycles. The standard InChI is InChI=1S/C42H34/c1-2-9-32-26-33(23-16-27(32)8-1)42-38-13-5-3-11-36(38)41(37-12-4-6-14-39(37)42)31-19-17-28(18-20-31)34-25-24-30-22-21-29-10-7-15-35(34)40(29)30/h1-3,5,7-15,17,19,21-22,26H,4,6,16,18,20,23-25H2. The summed E-state index contributed by atoms with van der Waals surface area (Å²) in [7, 11) is 0. The molecule has 0 nitrogen and oxygen atoms in total. The van der Waals surface area contributed by atoms with Crippen LogP contribution >= 0.6 is 0 Å². The van der Waals surface area contributed by atoms with Crippen LogP contribution in [0.2, 0.25) is 0 Å². The molecule has 0 heteroatoms. The van der Waals surface area contributed by atoms with Crippen molar-refractivity contribution in [1.29, 1.82) is 0 Å². The van der Waals surface area contributed by atoms with Crippen LogP contribution in [0.5, 0.6) is 0 Å². The number of benzene rings is 4. The number of allylic oxidation sites excluding steroid dienone is 6. The normalized spacial score (nSPS) is 18.3. The molecule has 9 rings (SSSR count). The lowest BCUT2D eigenvalue weighted by Crippen LogP contribution is -2.34. The summed E-state index contributed by atoms with van der Waals surface area (Å²) in [5.74, 6) is 0. The molecule has 42 heavy (non-hydrogen) atoms. The molecule has 0 unspecified atom stereocenters. The second-order valence-electron chi connectivity index (χ2n) is 12.5. The van der Waals surface area contributed by atoms with Crippen LogP contribution in [0.3, 0.4) is 0 Å². The van der Waals surface area contributed by atoms with E-state index in [4.69, 9.17) is 0 Å². The predicted molar refractivity (Wildman–Crippen MR) is 180 cm³/mol. The van der Waals surface area contributed by atoms with Crippen molar-refractivity contribution < 1.29 is 0 Å². The Morgan fingerprint density at radius 1 is 0.500 bits per heavy atom. The van der Waals surface area contributed by atoms with Crippen LogP contribution in [0.1, 0.15) is 72.8 Å². The van der Waals surface area contributed by atoms with Gasteiger partial charge in [-0.1, -0.05) is 109 Å². The van der Waals surface area contributed by atoms with E-state index >= 15 is 0 Å². The van der Waals surface area contributed by atoms with Crippen LogP contribution in [0, 0.1) is 0 Å². The minimum atomic E-state index is 1.10. The van der Waals surface area contributed by atoms with Crippen molar-refractivity contribution in [3.63, 3.8) is 0 Å². The van der Waals surface area contributed by atoms with E-state index in [0.29, 0.717) is 0 Å². The van der Waals surface area contributed by atoms with Gasteiger partial charge in [0.2, 0.25) is 0 Å². The zero-order valence-corrected chi connectivity index (χ0v) is 24.0. The summed E-state index contributed by atoms with van der Waals surface area (Å²) in [4.78, 5) is 0. The third-order valence-corrected chi connectivity index (χ3v) is 10.2. The third kappa shape index (κ3) is 3.68. The highest BCUT2D eigenvalue weighted by Gasteiger charge is 2.23. The molecule has 0 radical (unpaired) electrons. The van der Waals surface area contributed by atoms with Gasteiger partial charge in [-0.15, -0.1) is 0 Å². The van der Waals surface area contributed by atoms with Gasteiger partial charge in [-0.2, -0.15) is 0 Å². The van der Waals surface area contributed by atoms with Gasteiger partial charge in [-0.3, -0.25) is 0 Å². The first-order valence-electron chi connectivity index (χ1n) is 15.8. The van der Waals surface area contributed by atoms with Crippen molar-refractivity contribution in [3.05, 3.63) is 139 Å². The molecule has 0 heterocycles. The molecule has 5 aliphatic carbocycles. The van der Waals surface area contributed by atoms with Gasteiger partial charge in [0.25, 0.3) is 0 Å². The predicted octanol–water partition coefficient (Wildman–Crippen LogP) is 7.61. The van der Waals surface area contributed by atoms with E-state index in [2.05, 4.69) is 109 Å². The Labute approximate surface area is 247 Å². The van der Waals surface area contributed by atoms with E-state index in [1.165, 1.54) is 81.8 Å². The highest BCUT2D eigenvalue weighted by molar-refractivity contribution is 6.04. The summed E-state index contributed by atoms with van der Waals surface area (Å²) < 4.78 is 0. The smallest absolute Gasteiger partial charge is 0.00698 e. The lowest BCUT2D eigenvalue weighted by atomic mass is 9.79. The minimum absolute atomic E-state index is 1.10. The maximum atomic E-state index is 2.53. The van der Waals surface area contributed by atoms with Gasteiger partial charge >= 0.3 is 0 Å². The molecule has 0 atom stereocenters. The summed E-state index contributed by atoms with van der Waals surface area (Å²) in [6.07, 6.45) is 26.1. The number of hydrogen-bond donors (Lipinski definition) is 0.